The molecule has 0 aliphatic carbocycles. The first-order valence-electron chi connectivity index (χ1n) is 5.83. The zero-order valence-electron chi connectivity index (χ0n) is 10.2. The Morgan fingerprint density at radius 2 is 2.38 bits per heavy atom. The molecule has 0 aromatic rings. The second-order valence-corrected chi connectivity index (χ2v) is 6.20. The van der Waals surface area contributed by atoms with Gasteiger partial charge < -0.3 is 16.3 Å². The lowest BCUT2D eigenvalue weighted by Crippen LogP contribution is -2.35. The van der Waals surface area contributed by atoms with Crippen LogP contribution < -0.4 is 11.1 Å². The first-order chi connectivity index (χ1) is 7.56. The fraction of sp³-hybridized carbons (Fsp3) is 0.909. The van der Waals surface area contributed by atoms with Gasteiger partial charge in [0, 0.05) is 5.41 Å². The molecule has 0 aromatic heterocycles. The number of thioether (sulfide) groups is 1. The van der Waals surface area contributed by atoms with E-state index >= 15 is 0 Å². The smallest absolute Gasteiger partial charge is 0.144 e. The van der Waals surface area contributed by atoms with Gasteiger partial charge in [0.15, 0.2) is 0 Å². The summed E-state index contributed by atoms with van der Waals surface area (Å²) in [4.78, 5) is 0. The van der Waals surface area contributed by atoms with Crippen molar-refractivity contribution < 1.29 is 5.21 Å². The van der Waals surface area contributed by atoms with Gasteiger partial charge in [-0.15, -0.1) is 0 Å². The Bertz CT molecular complexity index is 237. The molecule has 1 saturated heterocycles. The van der Waals surface area contributed by atoms with Crippen molar-refractivity contribution in [1.82, 2.24) is 5.32 Å². The van der Waals surface area contributed by atoms with E-state index in [2.05, 4.69) is 10.5 Å². The number of rotatable bonds is 6. The molecular weight excluding hydrogens is 222 g/mol. The first-order valence-corrected chi connectivity index (χ1v) is 6.98. The van der Waals surface area contributed by atoms with E-state index in [0.29, 0.717) is 5.84 Å². The van der Waals surface area contributed by atoms with Crippen LogP contribution in [0.3, 0.4) is 0 Å². The summed E-state index contributed by atoms with van der Waals surface area (Å²) < 4.78 is 0. The van der Waals surface area contributed by atoms with Crippen molar-refractivity contribution in [2.75, 3.05) is 24.6 Å². The van der Waals surface area contributed by atoms with Gasteiger partial charge >= 0.3 is 0 Å². The number of amidine groups is 1. The molecule has 0 bridgehead atoms. The molecule has 1 unspecified atom stereocenters. The molecule has 4 nitrogen and oxygen atoms in total. The summed E-state index contributed by atoms with van der Waals surface area (Å²) in [6, 6.07) is 0. The average molecular weight is 245 g/mol. The highest BCUT2D eigenvalue weighted by atomic mass is 32.2. The minimum absolute atomic E-state index is 0.230. The summed E-state index contributed by atoms with van der Waals surface area (Å²) >= 11 is 2.04. The molecule has 4 N–H and O–H groups in total. The second kappa shape index (κ2) is 6.35. The van der Waals surface area contributed by atoms with Gasteiger partial charge in [0.2, 0.25) is 0 Å². The van der Waals surface area contributed by atoms with Crippen LogP contribution in [-0.2, 0) is 0 Å². The minimum atomic E-state index is -0.230. The standard InChI is InChI=1S/C11H23N3OS/c1-11(2,10(12)14-15)4-5-13-7-9-3-6-16-8-9/h9,13,15H,3-8H2,1-2H3,(H2,12,14). The molecule has 1 aliphatic rings. The zero-order chi connectivity index (χ0) is 12.0. The maximum absolute atomic E-state index is 8.64. The number of nitrogens with zero attached hydrogens (tertiary/aromatic N) is 1. The number of hydrogen-bond acceptors (Lipinski definition) is 4. The largest absolute Gasteiger partial charge is 0.409 e. The Morgan fingerprint density at radius 3 is 2.94 bits per heavy atom. The Kier molecular flexibility index (Phi) is 5.41. The topological polar surface area (TPSA) is 70.6 Å². The van der Waals surface area contributed by atoms with Crippen molar-refractivity contribution in [3.8, 4) is 0 Å². The number of nitrogens with one attached hydrogen (secondary N) is 1. The van der Waals surface area contributed by atoms with Crippen LogP contribution in [0.15, 0.2) is 5.16 Å². The third kappa shape index (κ3) is 4.22. The Morgan fingerprint density at radius 1 is 1.62 bits per heavy atom. The van der Waals surface area contributed by atoms with Crippen LogP contribution in [0.1, 0.15) is 26.7 Å². The van der Waals surface area contributed by atoms with Crippen LogP contribution in [0.2, 0.25) is 0 Å². The molecule has 0 spiro atoms. The van der Waals surface area contributed by atoms with Crippen LogP contribution in [0, 0.1) is 11.3 Å². The molecule has 1 aliphatic heterocycles. The molecule has 0 saturated carbocycles. The predicted octanol–water partition coefficient (Wildman–Crippen LogP) is 1.49. The quantitative estimate of drug-likeness (QED) is 0.218. The van der Waals surface area contributed by atoms with E-state index in [9.17, 15) is 0 Å². The molecule has 0 amide bonds. The molecule has 1 atom stereocenters. The van der Waals surface area contributed by atoms with E-state index in [-0.39, 0.29) is 5.41 Å². The molecule has 1 rings (SSSR count). The van der Waals surface area contributed by atoms with Gasteiger partial charge in [-0.25, -0.2) is 0 Å². The maximum Gasteiger partial charge on any atom is 0.144 e. The average Bonchev–Trinajstić information content (AvgIpc) is 2.76. The minimum Gasteiger partial charge on any atom is -0.409 e. The van der Waals surface area contributed by atoms with Crippen molar-refractivity contribution in [1.29, 1.82) is 0 Å². The van der Waals surface area contributed by atoms with Crippen molar-refractivity contribution >= 4 is 17.6 Å². The highest BCUT2D eigenvalue weighted by molar-refractivity contribution is 7.99. The van der Waals surface area contributed by atoms with Crippen LogP contribution in [0.5, 0.6) is 0 Å². The monoisotopic (exact) mass is 245 g/mol. The lowest BCUT2D eigenvalue weighted by atomic mass is 9.88. The fourth-order valence-electron chi connectivity index (χ4n) is 1.71. The van der Waals surface area contributed by atoms with Crippen LogP contribution in [0.4, 0.5) is 0 Å². The van der Waals surface area contributed by atoms with Gasteiger partial charge in [-0.1, -0.05) is 19.0 Å². The maximum atomic E-state index is 8.64. The second-order valence-electron chi connectivity index (χ2n) is 5.05. The summed E-state index contributed by atoms with van der Waals surface area (Å²) in [7, 11) is 0. The van der Waals surface area contributed by atoms with E-state index in [4.69, 9.17) is 10.9 Å². The third-order valence-electron chi connectivity index (χ3n) is 3.18. The highest BCUT2D eigenvalue weighted by Gasteiger charge is 2.23. The molecule has 1 heterocycles. The van der Waals surface area contributed by atoms with E-state index in [1.807, 2.05) is 25.6 Å². The molecule has 1 fully saturated rings. The van der Waals surface area contributed by atoms with Gasteiger partial charge in [-0.05, 0) is 43.4 Å². The van der Waals surface area contributed by atoms with E-state index < -0.39 is 0 Å². The SMILES string of the molecule is CC(C)(CCNCC1CCSC1)C(N)=NO. The van der Waals surface area contributed by atoms with Gasteiger partial charge in [-0.2, -0.15) is 11.8 Å². The number of hydrogen-bond donors (Lipinski definition) is 3. The third-order valence-corrected chi connectivity index (χ3v) is 4.42. The van der Waals surface area contributed by atoms with Gasteiger partial charge in [0.25, 0.3) is 0 Å². The fourth-order valence-corrected chi connectivity index (χ4v) is 3.00. The molecular formula is C11H23N3OS. The molecule has 16 heavy (non-hydrogen) atoms. The normalized spacial score (nSPS) is 22.6. The summed E-state index contributed by atoms with van der Waals surface area (Å²) in [6.45, 7) is 6.01. The summed E-state index contributed by atoms with van der Waals surface area (Å²) in [5.41, 5.74) is 5.39. The zero-order valence-corrected chi connectivity index (χ0v) is 11.0. The van der Waals surface area contributed by atoms with Gasteiger partial charge in [0.05, 0.1) is 0 Å². The van der Waals surface area contributed by atoms with Crippen molar-refractivity contribution in [2.24, 2.45) is 22.2 Å². The molecule has 5 heteroatoms. The summed E-state index contributed by atoms with van der Waals surface area (Å²) in [5.74, 6) is 3.74. The van der Waals surface area contributed by atoms with Crippen LogP contribution in [0.25, 0.3) is 0 Å². The number of oxime groups is 1. The Labute approximate surface area is 102 Å². The lowest BCUT2D eigenvalue weighted by Gasteiger charge is -2.23. The van der Waals surface area contributed by atoms with Crippen molar-refractivity contribution in [3.63, 3.8) is 0 Å². The summed E-state index contributed by atoms with van der Waals surface area (Å²) in [6.07, 6.45) is 2.23. The molecule has 94 valence electrons. The van der Waals surface area contributed by atoms with Crippen molar-refractivity contribution in [2.45, 2.75) is 26.7 Å². The molecule has 0 aromatic carbocycles. The number of nitrogens with two attached hydrogens (primary N) is 1. The first kappa shape index (κ1) is 13.6. The lowest BCUT2D eigenvalue weighted by molar-refractivity contribution is 0.304. The van der Waals surface area contributed by atoms with Crippen LogP contribution >= 0.6 is 11.8 Å². The Hall–Kier alpha value is -0.420. The van der Waals surface area contributed by atoms with Crippen molar-refractivity contribution in [3.05, 3.63) is 0 Å². The molecule has 0 radical (unpaired) electrons. The highest BCUT2D eigenvalue weighted by Crippen LogP contribution is 2.23. The summed E-state index contributed by atoms with van der Waals surface area (Å²) in [5, 5.41) is 15.2. The Balaban J connectivity index is 2.14. The van der Waals surface area contributed by atoms with E-state index in [1.165, 1.54) is 17.9 Å². The van der Waals surface area contributed by atoms with Gasteiger partial charge in [0.1, 0.15) is 5.84 Å². The van der Waals surface area contributed by atoms with E-state index in [1.54, 1.807) is 0 Å². The van der Waals surface area contributed by atoms with Crippen LogP contribution in [-0.4, -0.2) is 35.6 Å². The van der Waals surface area contributed by atoms with Gasteiger partial charge in [-0.3, -0.25) is 0 Å². The predicted molar refractivity (Wildman–Crippen MR) is 70.1 cm³/mol. The van der Waals surface area contributed by atoms with E-state index in [0.717, 1.165) is 25.4 Å².